The van der Waals surface area contributed by atoms with Gasteiger partial charge in [-0.05, 0) is 25.1 Å². The van der Waals surface area contributed by atoms with Gasteiger partial charge in [-0.1, -0.05) is 13.2 Å². The van der Waals surface area contributed by atoms with E-state index in [0.29, 0.717) is 12.3 Å². The highest BCUT2D eigenvalue weighted by molar-refractivity contribution is 6.09. The standard InChI is InChI=1S/C11H13NO2/c1-4-10-7-6-8-12(10)9(3)11(13)14-5-2/h4,6-8H,1,3,5H2,2H3. The fraction of sp³-hybridized carbons (Fsp3) is 0.182. The van der Waals surface area contributed by atoms with Crippen LogP contribution in [0.3, 0.4) is 0 Å². The van der Waals surface area contributed by atoms with E-state index in [1.54, 1.807) is 23.8 Å². The number of esters is 1. The Bertz CT molecular complexity index is 363. The van der Waals surface area contributed by atoms with Crippen LogP contribution >= 0.6 is 0 Å². The van der Waals surface area contributed by atoms with Crippen LogP contribution in [0.5, 0.6) is 0 Å². The zero-order valence-corrected chi connectivity index (χ0v) is 8.19. The highest BCUT2D eigenvalue weighted by Gasteiger charge is 2.10. The first kappa shape index (κ1) is 10.3. The van der Waals surface area contributed by atoms with Crippen LogP contribution in [0.15, 0.2) is 31.5 Å². The van der Waals surface area contributed by atoms with E-state index in [9.17, 15) is 4.79 Å². The van der Waals surface area contributed by atoms with Crippen molar-refractivity contribution in [3.8, 4) is 0 Å². The maximum Gasteiger partial charge on any atom is 0.354 e. The average Bonchev–Trinajstić information content (AvgIpc) is 2.64. The highest BCUT2D eigenvalue weighted by atomic mass is 16.5. The Hall–Kier alpha value is -1.77. The molecule has 0 saturated heterocycles. The van der Waals surface area contributed by atoms with E-state index in [2.05, 4.69) is 13.2 Å². The van der Waals surface area contributed by atoms with Gasteiger partial charge >= 0.3 is 5.97 Å². The van der Waals surface area contributed by atoms with Gasteiger partial charge in [0.2, 0.25) is 0 Å². The molecule has 0 aliphatic carbocycles. The molecule has 1 rings (SSSR count). The fourth-order valence-electron chi connectivity index (χ4n) is 1.12. The van der Waals surface area contributed by atoms with E-state index in [1.165, 1.54) is 0 Å². The van der Waals surface area contributed by atoms with Gasteiger partial charge in [0.1, 0.15) is 5.70 Å². The van der Waals surface area contributed by atoms with Gasteiger partial charge in [0, 0.05) is 11.9 Å². The quantitative estimate of drug-likeness (QED) is 0.539. The van der Waals surface area contributed by atoms with Crippen molar-refractivity contribution in [3.63, 3.8) is 0 Å². The first-order chi connectivity index (χ1) is 6.70. The summed E-state index contributed by atoms with van der Waals surface area (Å²) in [5.74, 6) is -0.410. The van der Waals surface area contributed by atoms with Crippen molar-refractivity contribution < 1.29 is 9.53 Å². The zero-order valence-electron chi connectivity index (χ0n) is 8.19. The SMILES string of the molecule is C=Cc1cccn1C(=C)C(=O)OCC. The molecule has 1 heterocycles. The predicted molar refractivity (Wildman–Crippen MR) is 56.5 cm³/mol. The van der Waals surface area contributed by atoms with Gasteiger partial charge < -0.3 is 9.30 Å². The summed E-state index contributed by atoms with van der Waals surface area (Å²) < 4.78 is 6.48. The van der Waals surface area contributed by atoms with Crippen molar-refractivity contribution >= 4 is 17.7 Å². The summed E-state index contributed by atoms with van der Waals surface area (Å²) in [6, 6.07) is 3.67. The van der Waals surface area contributed by atoms with Crippen LogP contribution in [0.1, 0.15) is 12.6 Å². The minimum atomic E-state index is -0.410. The van der Waals surface area contributed by atoms with Crippen LogP contribution in [0.4, 0.5) is 0 Å². The molecule has 0 aliphatic heterocycles. The summed E-state index contributed by atoms with van der Waals surface area (Å²) in [4.78, 5) is 11.3. The van der Waals surface area contributed by atoms with Crippen LogP contribution < -0.4 is 0 Å². The monoisotopic (exact) mass is 191 g/mol. The zero-order chi connectivity index (χ0) is 10.6. The summed E-state index contributed by atoms with van der Waals surface area (Å²) >= 11 is 0. The summed E-state index contributed by atoms with van der Waals surface area (Å²) in [6.07, 6.45) is 3.40. The van der Waals surface area contributed by atoms with Crippen LogP contribution in [0.25, 0.3) is 11.8 Å². The third-order valence-electron chi connectivity index (χ3n) is 1.79. The molecule has 3 heteroatoms. The highest BCUT2D eigenvalue weighted by Crippen LogP contribution is 2.11. The first-order valence-corrected chi connectivity index (χ1v) is 4.37. The number of nitrogens with zero attached hydrogens (tertiary/aromatic N) is 1. The Morgan fingerprint density at radius 3 is 3.00 bits per heavy atom. The second-order valence-electron chi connectivity index (χ2n) is 2.67. The van der Waals surface area contributed by atoms with Gasteiger partial charge in [-0.25, -0.2) is 4.79 Å². The average molecular weight is 191 g/mol. The number of rotatable bonds is 4. The second kappa shape index (κ2) is 4.46. The molecule has 0 spiro atoms. The van der Waals surface area contributed by atoms with Crippen LogP contribution in [-0.4, -0.2) is 17.1 Å². The summed E-state index contributed by atoms with van der Waals surface area (Å²) in [7, 11) is 0. The lowest BCUT2D eigenvalue weighted by molar-refractivity contribution is -0.136. The van der Waals surface area contributed by atoms with Crippen LogP contribution in [0.2, 0.25) is 0 Å². The maximum atomic E-state index is 11.3. The molecule has 0 saturated carbocycles. The van der Waals surface area contributed by atoms with E-state index in [0.717, 1.165) is 5.69 Å². The number of carbonyl (C=O) groups excluding carboxylic acids is 1. The van der Waals surface area contributed by atoms with Crippen molar-refractivity contribution in [1.29, 1.82) is 0 Å². The molecule has 0 atom stereocenters. The fourth-order valence-corrected chi connectivity index (χ4v) is 1.12. The lowest BCUT2D eigenvalue weighted by Gasteiger charge is -2.08. The third kappa shape index (κ3) is 1.93. The van der Waals surface area contributed by atoms with E-state index in [-0.39, 0.29) is 0 Å². The summed E-state index contributed by atoms with van der Waals surface area (Å²) in [6.45, 7) is 9.41. The van der Waals surface area contributed by atoms with Gasteiger partial charge in [0.25, 0.3) is 0 Å². The number of aromatic nitrogens is 1. The number of hydrogen-bond donors (Lipinski definition) is 0. The van der Waals surface area contributed by atoms with E-state index in [1.807, 2.05) is 12.1 Å². The Morgan fingerprint density at radius 1 is 1.71 bits per heavy atom. The van der Waals surface area contributed by atoms with Crippen LogP contribution in [0, 0.1) is 0 Å². The smallest absolute Gasteiger partial charge is 0.354 e. The molecule has 0 aromatic carbocycles. The molecule has 1 aromatic heterocycles. The lowest BCUT2D eigenvalue weighted by Crippen LogP contribution is -2.11. The van der Waals surface area contributed by atoms with Crippen molar-refractivity contribution in [2.45, 2.75) is 6.92 Å². The number of hydrogen-bond acceptors (Lipinski definition) is 2. The first-order valence-electron chi connectivity index (χ1n) is 4.37. The minimum Gasteiger partial charge on any atom is -0.461 e. The second-order valence-corrected chi connectivity index (χ2v) is 2.67. The Kier molecular flexibility index (Phi) is 3.29. The van der Waals surface area contributed by atoms with Gasteiger partial charge in [-0.15, -0.1) is 0 Å². The Morgan fingerprint density at radius 2 is 2.43 bits per heavy atom. The van der Waals surface area contributed by atoms with Gasteiger partial charge in [0.05, 0.1) is 6.61 Å². The largest absolute Gasteiger partial charge is 0.461 e. The number of ether oxygens (including phenoxy) is 1. The molecule has 0 fully saturated rings. The molecule has 74 valence electrons. The van der Waals surface area contributed by atoms with E-state index in [4.69, 9.17) is 4.74 Å². The number of carbonyl (C=O) groups is 1. The minimum absolute atomic E-state index is 0.298. The molecule has 14 heavy (non-hydrogen) atoms. The van der Waals surface area contributed by atoms with E-state index >= 15 is 0 Å². The molecule has 0 N–H and O–H groups in total. The van der Waals surface area contributed by atoms with Gasteiger partial charge in [-0.3, -0.25) is 0 Å². The molecule has 3 nitrogen and oxygen atoms in total. The predicted octanol–water partition coefficient (Wildman–Crippen LogP) is 2.16. The normalized spacial score (nSPS) is 9.50. The topological polar surface area (TPSA) is 31.2 Å². The molecule has 0 unspecified atom stereocenters. The van der Waals surface area contributed by atoms with E-state index < -0.39 is 5.97 Å². The molecule has 0 radical (unpaired) electrons. The van der Waals surface area contributed by atoms with Crippen molar-refractivity contribution in [1.82, 2.24) is 4.57 Å². The van der Waals surface area contributed by atoms with Crippen molar-refractivity contribution in [2.24, 2.45) is 0 Å². The van der Waals surface area contributed by atoms with Crippen LogP contribution in [-0.2, 0) is 9.53 Å². The van der Waals surface area contributed by atoms with Crippen molar-refractivity contribution in [2.75, 3.05) is 6.61 Å². The van der Waals surface area contributed by atoms with Gasteiger partial charge in [-0.2, -0.15) is 0 Å². The molecule has 0 aliphatic rings. The summed E-state index contributed by atoms with van der Waals surface area (Å²) in [5, 5.41) is 0. The maximum absolute atomic E-state index is 11.3. The Balaban J connectivity index is 2.89. The summed E-state index contributed by atoms with van der Waals surface area (Å²) in [5.41, 5.74) is 1.12. The van der Waals surface area contributed by atoms with Gasteiger partial charge in [0.15, 0.2) is 0 Å². The Labute approximate surface area is 83.3 Å². The molecule has 0 amide bonds. The molecular weight excluding hydrogens is 178 g/mol. The lowest BCUT2D eigenvalue weighted by atomic mass is 10.4. The third-order valence-corrected chi connectivity index (χ3v) is 1.79. The molecule has 1 aromatic rings. The van der Waals surface area contributed by atoms with Crippen molar-refractivity contribution in [3.05, 3.63) is 37.2 Å². The molecule has 0 bridgehead atoms. The molecular formula is C11H13NO2.